The zero-order chi connectivity index (χ0) is 13.9. The normalized spacial score (nSPS) is 25.9. The quantitative estimate of drug-likeness (QED) is 0.773. The van der Waals surface area contributed by atoms with Crippen molar-refractivity contribution in [2.75, 3.05) is 6.54 Å². The Morgan fingerprint density at radius 2 is 1.74 bits per heavy atom. The van der Waals surface area contributed by atoms with Gasteiger partial charge in [-0.1, -0.05) is 25.7 Å². The van der Waals surface area contributed by atoms with Crippen molar-refractivity contribution in [1.82, 2.24) is 5.32 Å². The topological polar surface area (TPSA) is 21.3 Å². The second-order valence-electron chi connectivity index (χ2n) is 6.05. The summed E-state index contributed by atoms with van der Waals surface area (Å²) < 4.78 is 43.7. The fraction of sp³-hybridized carbons (Fsp3) is 1.00. The molecule has 2 saturated carbocycles. The third kappa shape index (κ3) is 4.63. The van der Waals surface area contributed by atoms with Crippen molar-refractivity contribution in [1.29, 1.82) is 0 Å². The molecule has 1 unspecified atom stereocenters. The van der Waals surface area contributed by atoms with E-state index in [1.165, 1.54) is 0 Å². The first-order chi connectivity index (χ1) is 8.91. The summed E-state index contributed by atoms with van der Waals surface area (Å²) in [4.78, 5) is 0. The van der Waals surface area contributed by atoms with Crippen LogP contribution >= 0.6 is 0 Å². The standard InChI is InChI=1S/C14H24F3NO/c1-11(14(15,16)17)19-13(10-18-12-6-7-12)8-4-2-3-5-9-13/h11-12,18H,2-10H2,1H3. The van der Waals surface area contributed by atoms with E-state index in [0.29, 0.717) is 12.6 Å². The molecule has 0 spiro atoms. The molecule has 112 valence electrons. The maximum Gasteiger partial charge on any atom is 0.414 e. The fourth-order valence-corrected chi connectivity index (χ4v) is 2.77. The van der Waals surface area contributed by atoms with Crippen LogP contribution < -0.4 is 5.32 Å². The molecule has 0 aromatic carbocycles. The third-order valence-electron chi connectivity index (χ3n) is 4.19. The van der Waals surface area contributed by atoms with E-state index in [9.17, 15) is 13.2 Å². The van der Waals surface area contributed by atoms with Crippen molar-refractivity contribution in [2.24, 2.45) is 0 Å². The van der Waals surface area contributed by atoms with Gasteiger partial charge in [0.05, 0.1) is 5.60 Å². The van der Waals surface area contributed by atoms with Crippen molar-refractivity contribution in [3.8, 4) is 0 Å². The minimum atomic E-state index is -4.26. The lowest BCUT2D eigenvalue weighted by Gasteiger charge is -2.36. The highest BCUT2D eigenvalue weighted by molar-refractivity contribution is 4.91. The highest BCUT2D eigenvalue weighted by Gasteiger charge is 2.44. The van der Waals surface area contributed by atoms with Gasteiger partial charge < -0.3 is 10.1 Å². The van der Waals surface area contributed by atoms with Crippen molar-refractivity contribution >= 4 is 0 Å². The molecular formula is C14H24F3NO. The number of ether oxygens (including phenoxy) is 1. The molecule has 5 heteroatoms. The van der Waals surface area contributed by atoms with Gasteiger partial charge in [-0.15, -0.1) is 0 Å². The maximum atomic E-state index is 12.7. The summed E-state index contributed by atoms with van der Waals surface area (Å²) in [5.41, 5.74) is -0.617. The van der Waals surface area contributed by atoms with Gasteiger partial charge in [-0.25, -0.2) is 0 Å². The first-order valence-corrected chi connectivity index (χ1v) is 7.39. The molecule has 2 nitrogen and oxygen atoms in total. The monoisotopic (exact) mass is 279 g/mol. The smallest absolute Gasteiger partial charge is 0.361 e. The Balaban J connectivity index is 1.98. The molecule has 2 fully saturated rings. The van der Waals surface area contributed by atoms with Crippen molar-refractivity contribution in [3.05, 3.63) is 0 Å². The molecule has 2 aliphatic rings. The lowest BCUT2D eigenvalue weighted by Crippen LogP contribution is -2.48. The zero-order valence-electron chi connectivity index (χ0n) is 11.6. The lowest BCUT2D eigenvalue weighted by molar-refractivity contribution is -0.249. The van der Waals surface area contributed by atoms with Crippen LogP contribution in [0.2, 0.25) is 0 Å². The molecule has 19 heavy (non-hydrogen) atoms. The predicted molar refractivity (Wildman–Crippen MR) is 68.1 cm³/mol. The second-order valence-corrected chi connectivity index (χ2v) is 6.05. The van der Waals surface area contributed by atoms with Gasteiger partial charge in [-0.2, -0.15) is 13.2 Å². The highest BCUT2D eigenvalue weighted by atomic mass is 19.4. The summed E-state index contributed by atoms with van der Waals surface area (Å²) in [5.74, 6) is 0. The molecule has 1 atom stereocenters. The van der Waals surface area contributed by atoms with Crippen LogP contribution in [-0.4, -0.2) is 30.5 Å². The van der Waals surface area contributed by atoms with Crippen LogP contribution in [0.1, 0.15) is 58.3 Å². The van der Waals surface area contributed by atoms with Gasteiger partial charge in [0.25, 0.3) is 0 Å². The molecule has 0 bridgehead atoms. The van der Waals surface area contributed by atoms with Crippen LogP contribution in [-0.2, 0) is 4.74 Å². The van der Waals surface area contributed by atoms with Gasteiger partial charge in [0, 0.05) is 12.6 Å². The van der Waals surface area contributed by atoms with Gasteiger partial charge in [-0.3, -0.25) is 0 Å². The number of alkyl halides is 3. The van der Waals surface area contributed by atoms with E-state index in [1.807, 2.05) is 0 Å². The highest BCUT2D eigenvalue weighted by Crippen LogP contribution is 2.35. The average Bonchev–Trinajstić information content (AvgIpc) is 3.13. The summed E-state index contributed by atoms with van der Waals surface area (Å²) in [6, 6.07) is 0.505. The van der Waals surface area contributed by atoms with Gasteiger partial charge in [0.1, 0.15) is 0 Å². The van der Waals surface area contributed by atoms with Gasteiger partial charge in [0.15, 0.2) is 6.10 Å². The van der Waals surface area contributed by atoms with Crippen LogP contribution in [0, 0.1) is 0 Å². The molecule has 2 rings (SSSR count). The van der Waals surface area contributed by atoms with Crippen molar-refractivity contribution in [2.45, 2.75) is 82.2 Å². The van der Waals surface area contributed by atoms with Crippen molar-refractivity contribution in [3.63, 3.8) is 0 Å². The Labute approximate surface area is 113 Å². The maximum absolute atomic E-state index is 12.7. The van der Waals surface area contributed by atoms with Crippen LogP contribution in [0.15, 0.2) is 0 Å². The molecule has 0 aromatic heterocycles. The summed E-state index contributed by atoms with van der Waals surface area (Å²) in [6.45, 7) is 1.70. The average molecular weight is 279 g/mol. The predicted octanol–water partition coefficient (Wildman–Crippen LogP) is 3.80. The number of rotatable bonds is 5. The molecule has 0 radical (unpaired) electrons. The van der Waals surface area contributed by atoms with Gasteiger partial charge >= 0.3 is 6.18 Å². The molecule has 0 aromatic rings. The van der Waals surface area contributed by atoms with E-state index in [-0.39, 0.29) is 0 Å². The molecular weight excluding hydrogens is 255 g/mol. The molecule has 0 aliphatic heterocycles. The Bertz CT molecular complexity index is 281. The number of hydrogen-bond acceptors (Lipinski definition) is 2. The molecule has 1 N–H and O–H groups in total. The summed E-state index contributed by atoms with van der Waals surface area (Å²) in [6.07, 6.45) is 1.98. The fourth-order valence-electron chi connectivity index (χ4n) is 2.77. The number of nitrogens with one attached hydrogen (secondary N) is 1. The Morgan fingerprint density at radius 3 is 2.21 bits per heavy atom. The first-order valence-electron chi connectivity index (χ1n) is 7.39. The van der Waals surface area contributed by atoms with Crippen LogP contribution in [0.5, 0.6) is 0 Å². The summed E-state index contributed by atoms with van der Waals surface area (Å²) in [5, 5.41) is 3.36. The van der Waals surface area contributed by atoms with Crippen molar-refractivity contribution < 1.29 is 17.9 Å². The Hall–Kier alpha value is -0.290. The minimum absolute atomic E-state index is 0.505. The van der Waals surface area contributed by atoms with E-state index >= 15 is 0 Å². The van der Waals surface area contributed by atoms with E-state index in [2.05, 4.69) is 5.32 Å². The first kappa shape index (κ1) is 15.1. The van der Waals surface area contributed by atoms with E-state index in [0.717, 1.165) is 58.3 Å². The lowest BCUT2D eigenvalue weighted by atomic mass is 9.93. The zero-order valence-corrected chi connectivity index (χ0v) is 11.6. The molecule has 0 amide bonds. The van der Waals surface area contributed by atoms with Crippen LogP contribution in [0.4, 0.5) is 13.2 Å². The minimum Gasteiger partial charge on any atom is -0.361 e. The number of halogens is 3. The SMILES string of the molecule is CC(OC1(CNC2CC2)CCCCCC1)C(F)(F)F. The number of hydrogen-bond donors (Lipinski definition) is 1. The van der Waals surface area contributed by atoms with Crippen LogP contribution in [0.25, 0.3) is 0 Å². The van der Waals surface area contributed by atoms with Gasteiger partial charge in [0.2, 0.25) is 0 Å². The van der Waals surface area contributed by atoms with E-state index in [4.69, 9.17) is 4.74 Å². The molecule has 0 heterocycles. The Kier molecular flexibility index (Phi) is 4.77. The van der Waals surface area contributed by atoms with Crippen LogP contribution in [0.3, 0.4) is 0 Å². The molecule has 0 saturated heterocycles. The molecule has 2 aliphatic carbocycles. The third-order valence-corrected chi connectivity index (χ3v) is 4.19. The van der Waals surface area contributed by atoms with Gasteiger partial charge in [-0.05, 0) is 32.6 Å². The largest absolute Gasteiger partial charge is 0.414 e. The van der Waals surface area contributed by atoms with E-state index < -0.39 is 17.9 Å². The Morgan fingerprint density at radius 1 is 1.16 bits per heavy atom. The second kappa shape index (κ2) is 6.00. The summed E-state index contributed by atoms with van der Waals surface area (Å²) in [7, 11) is 0. The van der Waals surface area contributed by atoms with E-state index in [1.54, 1.807) is 0 Å². The summed E-state index contributed by atoms with van der Waals surface area (Å²) >= 11 is 0.